The molecule has 0 aromatic heterocycles. The lowest BCUT2D eigenvalue weighted by molar-refractivity contribution is -0.331. The van der Waals surface area contributed by atoms with Crippen LogP contribution in [0.4, 0.5) is 26.3 Å². The normalized spacial score (nSPS) is 14.7. The minimum Gasteiger partial charge on any atom is -0.153 e. The Kier molecular flexibility index (Phi) is 2.53. The Labute approximate surface area is 54.2 Å². The Morgan fingerprint density at radius 2 is 1.00 bits per heavy atom. The first-order valence-corrected chi connectivity index (χ1v) is 2.53. The number of halogens is 6. The molecule has 0 radical (unpaired) electrons. The predicted molar refractivity (Wildman–Crippen MR) is 25.1 cm³/mol. The SMILES string of the molecule is FC(F)(F)N([PH3+])C(F)(F)F. The van der Waals surface area contributed by atoms with Crippen LogP contribution in [0.3, 0.4) is 0 Å². The van der Waals surface area contributed by atoms with Gasteiger partial charge >= 0.3 is 12.6 Å². The van der Waals surface area contributed by atoms with Gasteiger partial charge < -0.3 is 0 Å². The lowest BCUT2D eigenvalue weighted by Gasteiger charge is -2.16. The summed E-state index contributed by atoms with van der Waals surface area (Å²) in [4.78, 5) is 0. The second kappa shape index (κ2) is 2.54. The van der Waals surface area contributed by atoms with Crippen molar-refractivity contribution in [3.63, 3.8) is 0 Å². The summed E-state index contributed by atoms with van der Waals surface area (Å²) in [5.74, 6) is 0. The smallest absolute Gasteiger partial charge is 0.153 e. The van der Waals surface area contributed by atoms with Crippen LogP contribution in [0.15, 0.2) is 0 Å². The summed E-state index contributed by atoms with van der Waals surface area (Å²) in [5.41, 5.74) is 0. The van der Waals surface area contributed by atoms with Crippen LogP contribution in [0.2, 0.25) is 0 Å². The zero-order chi connectivity index (χ0) is 8.58. The molecule has 0 fully saturated rings. The molecule has 0 aliphatic heterocycles. The maximum absolute atomic E-state index is 11.2. The Bertz CT molecular complexity index is 99.9. The first-order valence-electron chi connectivity index (χ1n) is 1.90. The van der Waals surface area contributed by atoms with E-state index in [-0.39, 0.29) is 9.39 Å². The van der Waals surface area contributed by atoms with Crippen molar-refractivity contribution in [3.05, 3.63) is 0 Å². The molecule has 0 heterocycles. The monoisotopic (exact) mass is 186 g/mol. The molecule has 1 unspecified atom stereocenters. The van der Waals surface area contributed by atoms with E-state index >= 15 is 0 Å². The molecule has 0 saturated carbocycles. The molecule has 0 rings (SSSR count). The Hall–Kier alpha value is -0.0300. The van der Waals surface area contributed by atoms with Gasteiger partial charge in [0.1, 0.15) is 0 Å². The molecule has 0 saturated heterocycles. The molecule has 0 aromatic rings. The Morgan fingerprint density at radius 3 is 1.00 bits per heavy atom. The zero-order valence-corrected chi connectivity index (χ0v) is 5.84. The van der Waals surface area contributed by atoms with Crippen molar-refractivity contribution in [1.29, 1.82) is 0 Å². The van der Waals surface area contributed by atoms with Gasteiger partial charge in [-0.2, -0.15) is 26.3 Å². The summed E-state index contributed by atoms with van der Waals surface area (Å²) in [7, 11) is -0.289. The van der Waals surface area contributed by atoms with E-state index in [9.17, 15) is 26.3 Å². The largest absolute Gasteiger partial charge is 0.498 e. The highest BCUT2D eigenvalue weighted by molar-refractivity contribution is 7.13. The number of alkyl halides is 6. The molecule has 1 nitrogen and oxygen atoms in total. The second-order valence-corrected chi connectivity index (χ2v) is 2.00. The number of nitrogens with zero attached hydrogens (tertiary/aromatic N) is 1. The first-order chi connectivity index (χ1) is 4.15. The Balaban J connectivity index is 4.23. The highest BCUT2D eigenvalue weighted by Gasteiger charge is 2.55. The molecule has 0 aliphatic carbocycles. The maximum atomic E-state index is 11.2. The van der Waals surface area contributed by atoms with Gasteiger partial charge in [-0.1, -0.05) is 0 Å². The molecule has 0 aromatic carbocycles. The van der Waals surface area contributed by atoms with E-state index < -0.39 is 17.3 Å². The quantitative estimate of drug-likeness (QED) is 0.317. The van der Waals surface area contributed by atoms with Crippen LogP contribution in [0.1, 0.15) is 0 Å². The van der Waals surface area contributed by atoms with Gasteiger partial charge in [-0.15, -0.1) is 0 Å². The molecule has 10 heavy (non-hydrogen) atoms. The standard InChI is InChI=1S/C2H2F6NP/c3-1(4,5)9(10)2(6,7)8/h10H2/p+1. The zero-order valence-electron chi connectivity index (χ0n) is 4.42. The van der Waals surface area contributed by atoms with Gasteiger partial charge in [0.25, 0.3) is 0 Å². The summed E-state index contributed by atoms with van der Waals surface area (Å²) < 4.78 is 65.4. The van der Waals surface area contributed by atoms with Crippen molar-refractivity contribution in [2.75, 3.05) is 0 Å². The van der Waals surface area contributed by atoms with E-state index in [2.05, 4.69) is 0 Å². The average molecular weight is 186 g/mol. The van der Waals surface area contributed by atoms with Crippen LogP contribution in [0.25, 0.3) is 0 Å². The van der Waals surface area contributed by atoms with Gasteiger partial charge in [-0.25, -0.2) is 0 Å². The minimum absolute atomic E-state index is 0.289. The number of hydrogen-bond acceptors (Lipinski definition) is 1. The molecule has 1 atom stereocenters. The predicted octanol–water partition coefficient (Wildman–Crippen LogP) is 1.85. The van der Waals surface area contributed by atoms with Crippen LogP contribution < -0.4 is 0 Å². The van der Waals surface area contributed by atoms with Gasteiger partial charge in [0, 0.05) is 4.67 Å². The molecule has 0 amide bonds. The summed E-state index contributed by atoms with van der Waals surface area (Å²) >= 11 is 0. The maximum Gasteiger partial charge on any atom is 0.498 e. The van der Waals surface area contributed by atoms with Gasteiger partial charge in [-0.3, -0.25) is 0 Å². The van der Waals surface area contributed by atoms with Crippen molar-refractivity contribution < 1.29 is 26.3 Å². The van der Waals surface area contributed by atoms with Gasteiger partial charge in [-0.05, 0) is 0 Å². The third kappa shape index (κ3) is 2.70. The van der Waals surface area contributed by atoms with Gasteiger partial charge in [0.15, 0.2) is 0 Å². The van der Waals surface area contributed by atoms with Crippen LogP contribution >= 0.6 is 9.39 Å². The van der Waals surface area contributed by atoms with Crippen LogP contribution in [-0.4, -0.2) is 17.3 Å². The Morgan fingerprint density at radius 1 is 0.800 bits per heavy atom. The van der Waals surface area contributed by atoms with Crippen molar-refractivity contribution in [2.45, 2.75) is 12.6 Å². The molecule has 0 spiro atoms. The van der Waals surface area contributed by atoms with Crippen molar-refractivity contribution in [1.82, 2.24) is 4.67 Å². The second-order valence-electron chi connectivity index (χ2n) is 1.36. The van der Waals surface area contributed by atoms with Crippen molar-refractivity contribution in [2.24, 2.45) is 0 Å². The van der Waals surface area contributed by atoms with E-state index in [0.29, 0.717) is 0 Å². The fourth-order valence-electron chi connectivity index (χ4n) is 0.144. The van der Waals surface area contributed by atoms with Gasteiger partial charge in [0.2, 0.25) is 0 Å². The van der Waals surface area contributed by atoms with Crippen LogP contribution in [-0.2, 0) is 0 Å². The van der Waals surface area contributed by atoms with E-state index in [0.717, 1.165) is 0 Å². The van der Waals surface area contributed by atoms with E-state index in [4.69, 9.17) is 0 Å². The highest BCUT2D eigenvalue weighted by Crippen LogP contribution is 2.36. The van der Waals surface area contributed by atoms with Crippen molar-refractivity contribution >= 4 is 9.39 Å². The fraction of sp³-hybridized carbons (Fsp3) is 1.00. The third-order valence-corrected chi connectivity index (χ3v) is 1.33. The minimum atomic E-state index is -5.34. The molecular formula is C2H3F6NP+. The first kappa shape index (κ1) is 9.97. The molecule has 62 valence electrons. The van der Waals surface area contributed by atoms with E-state index in [1.165, 1.54) is 0 Å². The summed E-state index contributed by atoms with van der Waals surface area (Å²) in [5, 5.41) is 0. The van der Waals surface area contributed by atoms with Gasteiger partial charge in [0.05, 0.1) is 9.39 Å². The number of rotatable bonds is 0. The summed E-state index contributed by atoms with van der Waals surface area (Å²) in [6.07, 6.45) is -10.7. The summed E-state index contributed by atoms with van der Waals surface area (Å²) in [6, 6.07) is 0. The van der Waals surface area contributed by atoms with E-state index in [1.807, 2.05) is 0 Å². The average Bonchev–Trinajstić information content (AvgIpc) is 1.59. The molecular weight excluding hydrogens is 183 g/mol. The van der Waals surface area contributed by atoms with Crippen LogP contribution in [0, 0.1) is 0 Å². The van der Waals surface area contributed by atoms with Crippen LogP contribution in [0.5, 0.6) is 0 Å². The third-order valence-electron chi connectivity index (χ3n) is 0.612. The molecule has 0 aliphatic rings. The highest BCUT2D eigenvalue weighted by atomic mass is 31.0. The molecule has 8 heteroatoms. The molecule has 0 N–H and O–H groups in total. The van der Waals surface area contributed by atoms with E-state index in [1.54, 1.807) is 0 Å². The fourth-order valence-corrected chi connectivity index (χ4v) is 0.144. The topological polar surface area (TPSA) is 3.24 Å². The molecule has 0 bridgehead atoms. The lowest BCUT2D eigenvalue weighted by Crippen LogP contribution is -2.40. The van der Waals surface area contributed by atoms with Crippen molar-refractivity contribution in [3.8, 4) is 0 Å². The summed E-state index contributed by atoms with van der Waals surface area (Å²) in [6.45, 7) is 0. The lowest BCUT2D eigenvalue weighted by atomic mass is 11.0. The number of hydrogen-bond donors (Lipinski definition) is 0.